The molecule has 1 aliphatic rings. The molecule has 1 aromatic carbocycles. The monoisotopic (exact) mass is 411 g/mol. The van der Waals surface area contributed by atoms with Gasteiger partial charge >= 0.3 is 0 Å². The lowest BCUT2D eigenvalue weighted by atomic mass is 9.87. The second kappa shape index (κ2) is 9.02. The number of hydrogen-bond donors (Lipinski definition) is 2. The van der Waals surface area contributed by atoms with Gasteiger partial charge < -0.3 is 15.4 Å². The zero-order valence-corrected chi connectivity index (χ0v) is 17.6. The SMILES string of the molecule is COCCNC(=O)C[C@@H]1C(=O)NCCN1S(=O)(=O)c1ccc(C(C)(C)C)cc1. The Hall–Kier alpha value is -1.97. The molecule has 2 N–H and O–H groups in total. The minimum absolute atomic E-state index is 0.101. The molecule has 1 heterocycles. The van der Waals surface area contributed by atoms with Crippen molar-refractivity contribution < 1.29 is 22.7 Å². The van der Waals surface area contributed by atoms with Gasteiger partial charge in [0.25, 0.3) is 0 Å². The molecule has 8 nitrogen and oxygen atoms in total. The number of methoxy groups -OCH3 is 1. The Kier molecular flexibility index (Phi) is 7.19. The van der Waals surface area contributed by atoms with Crippen LogP contribution in [0.2, 0.25) is 0 Å². The number of carbonyl (C=O) groups is 2. The third-order valence-corrected chi connectivity index (χ3v) is 6.54. The van der Waals surface area contributed by atoms with Crippen LogP contribution in [0.4, 0.5) is 0 Å². The highest BCUT2D eigenvalue weighted by atomic mass is 32.2. The van der Waals surface area contributed by atoms with Crippen molar-refractivity contribution in [3.8, 4) is 0 Å². The molecule has 0 aliphatic carbocycles. The van der Waals surface area contributed by atoms with Gasteiger partial charge in [0, 0.05) is 26.7 Å². The Morgan fingerprint density at radius 1 is 1.29 bits per heavy atom. The van der Waals surface area contributed by atoms with E-state index in [4.69, 9.17) is 4.74 Å². The third-order valence-electron chi connectivity index (χ3n) is 4.62. The van der Waals surface area contributed by atoms with Crippen LogP contribution in [-0.4, -0.2) is 63.9 Å². The van der Waals surface area contributed by atoms with E-state index in [1.54, 1.807) is 24.3 Å². The highest BCUT2D eigenvalue weighted by Gasteiger charge is 2.39. The topological polar surface area (TPSA) is 105 Å². The van der Waals surface area contributed by atoms with Crippen molar-refractivity contribution in [2.75, 3.05) is 33.4 Å². The van der Waals surface area contributed by atoms with E-state index in [-0.39, 0.29) is 29.8 Å². The summed E-state index contributed by atoms with van der Waals surface area (Å²) < 4.78 is 32.3. The quantitative estimate of drug-likeness (QED) is 0.640. The van der Waals surface area contributed by atoms with Gasteiger partial charge in [0.1, 0.15) is 6.04 Å². The van der Waals surface area contributed by atoms with Crippen LogP contribution >= 0.6 is 0 Å². The van der Waals surface area contributed by atoms with Gasteiger partial charge in [0.05, 0.1) is 17.9 Å². The molecule has 1 atom stereocenters. The summed E-state index contributed by atoms with van der Waals surface area (Å²) in [6.45, 7) is 7.09. The van der Waals surface area contributed by atoms with Crippen LogP contribution in [0.5, 0.6) is 0 Å². The smallest absolute Gasteiger partial charge is 0.243 e. The standard InChI is InChI=1S/C19H29N3O5S/c1-19(2,3)14-5-7-15(8-6-14)28(25,26)22-11-9-21-18(24)16(22)13-17(23)20-10-12-27-4/h5-8,16H,9-13H2,1-4H3,(H,20,23)(H,21,24)/t16-/m1/s1. The van der Waals surface area contributed by atoms with E-state index in [1.807, 2.05) is 20.8 Å². The van der Waals surface area contributed by atoms with E-state index in [1.165, 1.54) is 7.11 Å². The second-order valence-electron chi connectivity index (χ2n) is 7.74. The fourth-order valence-electron chi connectivity index (χ4n) is 2.98. The van der Waals surface area contributed by atoms with E-state index < -0.39 is 27.9 Å². The van der Waals surface area contributed by atoms with Crippen LogP contribution in [0.3, 0.4) is 0 Å². The molecule has 0 aromatic heterocycles. The number of nitrogens with one attached hydrogen (secondary N) is 2. The predicted octanol–water partition coefficient (Wildman–Crippen LogP) is 0.626. The van der Waals surface area contributed by atoms with Gasteiger partial charge in [-0.25, -0.2) is 8.42 Å². The molecular weight excluding hydrogens is 382 g/mol. The Labute approximate surface area is 166 Å². The molecule has 0 spiro atoms. The Balaban J connectivity index is 2.23. The van der Waals surface area contributed by atoms with E-state index >= 15 is 0 Å². The fourth-order valence-corrected chi connectivity index (χ4v) is 4.57. The first-order valence-corrected chi connectivity index (χ1v) is 10.7. The number of sulfonamides is 1. The molecule has 0 unspecified atom stereocenters. The Morgan fingerprint density at radius 2 is 1.93 bits per heavy atom. The van der Waals surface area contributed by atoms with Crippen LogP contribution in [0.1, 0.15) is 32.8 Å². The summed E-state index contributed by atoms with van der Waals surface area (Å²) in [6.07, 6.45) is -0.241. The van der Waals surface area contributed by atoms with Gasteiger partial charge in [0.15, 0.2) is 0 Å². The van der Waals surface area contributed by atoms with Crippen molar-refractivity contribution in [3.05, 3.63) is 29.8 Å². The first kappa shape index (κ1) is 22.3. The van der Waals surface area contributed by atoms with Crippen LogP contribution in [0.15, 0.2) is 29.2 Å². The molecule has 156 valence electrons. The minimum Gasteiger partial charge on any atom is -0.383 e. The van der Waals surface area contributed by atoms with Gasteiger partial charge in [-0.05, 0) is 23.1 Å². The van der Waals surface area contributed by atoms with Crippen LogP contribution in [0, 0.1) is 0 Å². The van der Waals surface area contributed by atoms with E-state index in [2.05, 4.69) is 10.6 Å². The van der Waals surface area contributed by atoms with Gasteiger partial charge in [-0.15, -0.1) is 0 Å². The van der Waals surface area contributed by atoms with E-state index in [0.29, 0.717) is 13.2 Å². The first-order chi connectivity index (χ1) is 13.1. The lowest BCUT2D eigenvalue weighted by Crippen LogP contribution is -2.58. The maximum Gasteiger partial charge on any atom is 0.243 e. The van der Waals surface area contributed by atoms with Crippen molar-refractivity contribution >= 4 is 21.8 Å². The summed E-state index contributed by atoms with van der Waals surface area (Å²) in [7, 11) is -2.40. The average molecular weight is 412 g/mol. The minimum atomic E-state index is -3.91. The number of ether oxygens (including phenoxy) is 1. The first-order valence-electron chi connectivity index (χ1n) is 9.23. The molecule has 28 heavy (non-hydrogen) atoms. The normalized spacial score (nSPS) is 18.6. The maximum atomic E-state index is 13.1. The summed E-state index contributed by atoms with van der Waals surface area (Å²) in [4.78, 5) is 24.6. The number of amides is 2. The molecule has 0 saturated carbocycles. The Morgan fingerprint density at radius 3 is 2.50 bits per heavy atom. The van der Waals surface area contributed by atoms with Gasteiger partial charge in [0.2, 0.25) is 21.8 Å². The molecule has 9 heteroatoms. The van der Waals surface area contributed by atoms with E-state index in [0.717, 1.165) is 9.87 Å². The third kappa shape index (κ3) is 5.30. The summed E-state index contributed by atoms with van der Waals surface area (Å²) in [5, 5.41) is 5.26. The van der Waals surface area contributed by atoms with Crippen molar-refractivity contribution in [1.29, 1.82) is 0 Å². The number of carbonyl (C=O) groups excluding carboxylic acids is 2. The molecule has 2 rings (SSSR count). The van der Waals surface area contributed by atoms with Crippen molar-refractivity contribution in [2.45, 2.75) is 43.5 Å². The number of benzene rings is 1. The van der Waals surface area contributed by atoms with Crippen molar-refractivity contribution in [1.82, 2.24) is 14.9 Å². The lowest BCUT2D eigenvalue weighted by Gasteiger charge is -2.33. The predicted molar refractivity (Wildman–Crippen MR) is 105 cm³/mol. The molecule has 0 bridgehead atoms. The van der Waals surface area contributed by atoms with Gasteiger partial charge in [-0.1, -0.05) is 32.9 Å². The van der Waals surface area contributed by atoms with Crippen molar-refractivity contribution in [3.63, 3.8) is 0 Å². The van der Waals surface area contributed by atoms with Crippen LogP contribution < -0.4 is 10.6 Å². The number of nitrogens with zero attached hydrogens (tertiary/aromatic N) is 1. The number of rotatable bonds is 7. The largest absolute Gasteiger partial charge is 0.383 e. The zero-order valence-electron chi connectivity index (χ0n) is 16.8. The molecule has 1 saturated heterocycles. The summed E-state index contributed by atoms with van der Waals surface area (Å²) >= 11 is 0. The highest BCUT2D eigenvalue weighted by molar-refractivity contribution is 7.89. The van der Waals surface area contributed by atoms with Crippen LogP contribution in [0.25, 0.3) is 0 Å². The summed E-state index contributed by atoms with van der Waals surface area (Å²) in [6, 6.07) is 5.59. The molecule has 1 aromatic rings. The molecule has 1 aliphatic heterocycles. The van der Waals surface area contributed by atoms with Gasteiger partial charge in [-0.2, -0.15) is 4.31 Å². The summed E-state index contributed by atoms with van der Waals surface area (Å²) in [5.74, 6) is -0.870. The number of piperazine rings is 1. The second-order valence-corrected chi connectivity index (χ2v) is 9.63. The van der Waals surface area contributed by atoms with Crippen LogP contribution in [-0.2, 0) is 29.8 Å². The summed E-state index contributed by atoms with van der Waals surface area (Å²) in [5.41, 5.74) is 0.910. The Bertz CT molecular complexity index is 800. The van der Waals surface area contributed by atoms with Crippen molar-refractivity contribution in [2.24, 2.45) is 0 Å². The maximum absolute atomic E-state index is 13.1. The van der Waals surface area contributed by atoms with E-state index in [9.17, 15) is 18.0 Å². The molecule has 2 amide bonds. The number of hydrogen-bond acceptors (Lipinski definition) is 5. The molecular formula is C19H29N3O5S. The highest BCUT2D eigenvalue weighted by Crippen LogP contribution is 2.26. The zero-order chi connectivity index (χ0) is 20.9. The molecule has 0 radical (unpaired) electrons. The van der Waals surface area contributed by atoms with Gasteiger partial charge in [-0.3, -0.25) is 9.59 Å². The fraction of sp³-hybridized carbons (Fsp3) is 0.579. The molecule has 1 fully saturated rings. The average Bonchev–Trinajstić information content (AvgIpc) is 2.63. The lowest BCUT2D eigenvalue weighted by molar-refractivity contribution is -0.131.